The van der Waals surface area contributed by atoms with Crippen molar-refractivity contribution in [2.75, 3.05) is 16.4 Å². The van der Waals surface area contributed by atoms with Gasteiger partial charge >= 0.3 is 0 Å². The number of halogens is 3. The van der Waals surface area contributed by atoms with Gasteiger partial charge < -0.3 is 15.2 Å². The average molecular weight is 591 g/mol. The predicted octanol–water partition coefficient (Wildman–Crippen LogP) is 6.53. The molecular formula is C24H18BrCl2N5O2S. The molecule has 178 valence electrons. The fraction of sp³-hybridized carbons (Fsp3) is 0.0833. The molecule has 11 heteroatoms. The Labute approximate surface area is 224 Å². The van der Waals surface area contributed by atoms with Gasteiger partial charge in [0.25, 0.3) is 5.91 Å². The van der Waals surface area contributed by atoms with Crippen LogP contribution in [0.2, 0.25) is 10.0 Å². The molecule has 2 amide bonds. The lowest BCUT2D eigenvalue weighted by Crippen LogP contribution is -2.14. The summed E-state index contributed by atoms with van der Waals surface area (Å²) in [7, 11) is 1.83. The molecule has 7 nitrogen and oxygen atoms in total. The minimum atomic E-state index is -0.227. The van der Waals surface area contributed by atoms with Crippen LogP contribution in [0.4, 0.5) is 11.4 Å². The monoisotopic (exact) mass is 589 g/mol. The number of carbonyl (C=O) groups is 2. The Balaban J connectivity index is 1.36. The number of hydrogen-bond acceptors (Lipinski definition) is 5. The van der Waals surface area contributed by atoms with E-state index in [-0.39, 0.29) is 17.6 Å². The zero-order valence-electron chi connectivity index (χ0n) is 18.3. The molecule has 4 aromatic rings. The van der Waals surface area contributed by atoms with E-state index in [0.717, 1.165) is 10.0 Å². The van der Waals surface area contributed by atoms with Gasteiger partial charge in [0.2, 0.25) is 5.91 Å². The smallest absolute Gasteiger partial charge is 0.255 e. The zero-order valence-corrected chi connectivity index (χ0v) is 22.2. The van der Waals surface area contributed by atoms with E-state index in [9.17, 15) is 9.59 Å². The molecule has 0 unspecified atom stereocenters. The van der Waals surface area contributed by atoms with Crippen LogP contribution >= 0.6 is 50.9 Å². The van der Waals surface area contributed by atoms with E-state index >= 15 is 0 Å². The summed E-state index contributed by atoms with van der Waals surface area (Å²) in [6, 6.07) is 19.2. The number of nitrogens with zero attached hydrogens (tertiary/aromatic N) is 3. The van der Waals surface area contributed by atoms with Crippen molar-refractivity contribution in [2.24, 2.45) is 7.05 Å². The third-order valence-corrected chi connectivity index (χ3v) is 6.96. The zero-order chi connectivity index (χ0) is 24.9. The van der Waals surface area contributed by atoms with E-state index in [0.29, 0.717) is 38.0 Å². The molecule has 0 bridgehead atoms. The number of amides is 2. The molecule has 0 atom stereocenters. The number of thioether (sulfide) groups is 1. The van der Waals surface area contributed by atoms with Gasteiger partial charge in [-0.05, 0) is 66.7 Å². The summed E-state index contributed by atoms with van der Waals surface area (Å²) in [6.07, 6.45) is 0. The molecule has 1 aromatic heterocycles. The standard InChI is InChI=1S/C24H18BrCl2N5O2S/c1-32-22(14-4-9-18(10-5-14)28-23(34)15-2-7-17(26)8-3-15)30-31-24(32)35-13-21(33)29-20-11-6-16(25)12-19(20)27/h2-12H,13H2,1H3,(H,28,34)(H,29,33). The molecule has 3 aromatic carbocycles. The Morgan fingerprint density at radius 1 is 0.971 bits per heavy atom. The SMILES string of the molecule is Cn1c(SCC(=O)Nc2ccc(Br)cc2Cl)nnc1-c1ccc(NC(=O)c2ccc(Cl)cc2)cc1. The summed E-state index contributed by atoms with van der Waals surface area (Å²) in [5.74, 6) is 0.354. The fourth-order valence-electron chi connectivity index (χ4n) is 3.11. The maximum absolute atomic E-state index is 12.4. The van der Waals surface area contributed by atoms with E-state index in [1.807, 2.05) is 23.7 Å². The van der Waals surface area contributed by atoms with Crippen molar-refractivity contribution < 1.29 is 9.59 Å². The van der Waals surface area contributed by atoms with Crippen molar-refractivity contribution in [2.45, 2.75) is 5.16 Å². The fourth-order valence-corrected chi connectivity index (χ4v) is 4.66. The van der Waals surface area contributed by atoms with E-state index in [1.54, 1.807) is 54.6 Å². The summed E-state index contributed by atoms with van der Waals surface area (Å²) < 4.78 is 2.64. The van der Waals surface area contributed by atoms with Crippen LogP contribution in [0.1, 0.15) is 10.4 Å². The van der Waals surface area contributed by atoms with E-state index < -0.39 is 0 Å². The molecular weight excluding hydrogens is 573 g/mol. The van der Waals surface area contributed by atoms with Crippen LogP contribution in [-0.4, -0.2) is 32.3 Å². The molecule has 0 aliphatic carbocycles. The van der Waals surface area contributed by atoms with Gasteiger partial charge in [-0.3, -0.25) is 9.59 Å². The van der Waals surface area contributed by atoms with Crippen molar-refractivity contribution >= 4 is 74.1 Å². The van der Waals surface area contributed by atoms with Crippen molar-refractivity contribution in [3.05, 3.63) is 86.8 Å². The van der Waals surface area contributed by atoms with Gasteiger partial charge in [0.05, 0.1) is 16.5 Å². The number of anilines is 2. The third kappa shape index (κ3) is 6.43. The quantitative estimate of drug-likeness (QED) is 0.239. The van der Waals surface area contributed by atoms with Crippen molar-refractivity contribution in [3.8, 4) is 11.4 Å². The van der Waals surface area contributed by atoms with E-state index in [1.165, 1.54) is 11.8 Å². The Bertz CT molecular complexity index is 1380. The minimum absolute atomic E-state index is 0.147. The van der Waals surface area contributed by atoms with Crippen molar-refractivity contribution in [1.29, 1.82) is 0 Å². The summed E-state index contributed by atoms with van der Waals surface area (Å²) >= 11 is 16.6. The predicted molar refractivity (Wildman–Crippen MR) is 144 cm³/mol. The Morgan fingerprint density at radius 3 is 2.37 bits per heavy atom. The second-order valence-corrected chi connectivity index (χ2v) is 10.1. The summed E-state index contributed by atoms with van der Waals surface area (Å²) in [5, 5.41) is 15.7. The topological polar surface area (TPSA) is 88.9 Å². The molecule has 0 saturated carbocycles. The van der Waals surface area contributed by atoms with Gasteiger partial charge in [-0.1, -0.05) is 50.9 Å². The number of benzene rings is 3. The number of rotatable bonds is 7. The highest BCUT2D eigenvalue weighted by Crippen LogP contribution is 2.27. The average Bonchev–Trinajstić information content (AvgIpc) is 3.20. The Hall–Kier alpha value is -2.85. The normalized spacial score (nSPS) is 10.7. The Kier molecular flexibility index (Phi) is 8.12. The largest absolute Gasteiger partial charge is 0.324 e. The Morgan fingerprint density at radius 2 is 1.69 bits per heavy atom. The van der Waals surface area contributed by atoms with Crippen molar-refractivity contribution in [1.82, 2.24) is 14.8 Å². The second kappa shape index (κ2) is 11.3. The first kappa shape index (κ1) is 25.2. The first-order valence-corrected chi connectivity index (χ1v) is 12.8. The first-order valence-electron chi connectivity index (χ1n) is 10.2. The lowest BCUT2D eigenvalue weighted by molar-refractivity contribution is -0.113. The summed E-state index contributed by atoms with van der Waals surface area (Å²) in [5.41, 5.74) is 2.53. The molecule has 35 heavy (non-hydrogen) atoms. The lowest BCUT2D eigenvalue weighted by atomic mass is 10.1. The first-order chi connectivity index (χ1) is 16.8. The molecule has 0 saturated heterocycles. The van der Waals surface area contributed by atoms with Crippen LogP contribution in [0.5, 0.6) is 0 Å². The van der Waals surface area contributed by atoms with Crippen LogP contribution in [0.25, 0.3) is 11.4 Å². The van der Waals surface area contributed by atoms with Crippen LogP contribution < -0.4 is 10.6 Å². The van der Waals surface area contributed by atoms with Crippen LogP contribution in [-0.2, 0) is 11.8 Å². The van der Waals surface area contributed by atoms with Gasteiger partial charge in [0.1, 0.15) is 0 Å². The third-order valence-electron chi connectivity index (χ3n) is 4.88. The van der Waals surface area contributed by atoms with Gasteiger partial charge in [-0.15, -0.1) is 10.2 Å². The molecule has 2 N–H and O–H groups in total. The molecule has 0 radical (unpaired) electrons. The van der Waals surface area contributed by atoms with E-state index in [4.69, 9.17) is 23.2 Å². The highest BCUT2D eigenvalue weighted by Gasteiger charge is 2.14. The lowest BCUT2D eigenvalue weighted by Gasteiger charge is -2.08. The van der Waals surface area contributed by atoms with Crippen LogP contribution in [0.3, 0.4) is 0 Å². The summed E-state index contributed by atoms with van der Waals surface area (Å²) in [6.45, 7) is 0. The molecule has 0 fully saturated rings. The number of aromatic nitrogens is 3. The van der Waals surface area contributed by atoms with Crippen LogP contribution in [0, 0.1) is 0 Å². The maximum Gasteiger partial charge on any atom is 0.255 e. The number of hydrogen-bond donors (Lipinski definition) is 2. The van der Waals surface area contributed by atoms with Gasteiger partial charge in [-0.25, -0.2) is 0 Å². The molecule has 0 aliphatic rings. The van der Waals surface area contributed by atoms with Gasteiger partial charge in [0.15, 0.2) is 11.0 Å². The maximum atomic E-state index is 12.4. The molecule has 0 aliphatic heterocycles. The highest BCUT2D eigenvalue weighted by molar-refractivity contribution is 9.10. The van der Waals surface area contributed by atoms with Gasteiger partial charge in [0, 0.05) is 33.4 Å². The summed E-state index contributed by atoms with van der Waals surface area (Å²) in [4.78, 5) is 24.7. The second-order valence-electron chi connectivity index (χ2n) is 7.36. The number of nitrogens with one attached hydrogen (secondary N) is 2. The molecule has 0 spiro atoms. The minimum Gasteiger partial charge on any atom is -0.324 e. The van der Waals surface area contributed by atoms with Crippen LogP contribution in [0.15, 0.2) is 76.4 Å². The highest BCUT2D eigenvalue weighted by atomic mass is 79.9. The van der Waals surface area contributed by atoms with E-state index in [2.05, 4.69) is 36.8 Å². The molecule has 1 heterocycles. The van der Waals surface area contributed by atoms with Crippen molar-refractivity contribution in [3.63, 3.8) is 0 Å². The molecule has 4 rings (SSSR count). The number of carbonyl (C=O) groups excluding carboxylic acids is 2. The van der Waals surface area contributed by atoms with Gasteiger partial charge in [-0.2, -0.15) is 0 Å².